The number of phenolic OH excluding ortho intramolecular Hbond substituents is 1. The van der Waals surface area contributed by atoms with E-state index in [0.29, 0.717) is 50.0 Å². The second kappa shape index (κ2) is 22.9. The lowest BCUT2D eigenvalue weighted by molar-refractivity contribution is -0.158. The monoisotopic (exact) mass is 1080 g/mol. The SMILES string of the molecule is C=C(OC1CCN(c2cc(=O)c3nc4c(oc3c2)c2c(=O)c3c(O)c(C)c5c(c34)=C(O)[C@@](C)(O/C=C/[C@H](C)[C@@H](C)[C@@H](OC(C)=O)[C@H](C)[C@H](O)[C@H](C)[C@@H](O)[C@@H](C)/C=C/C=C(/C)C(=O)N2)O5)CC1)C(C)(C)CC(=O)CC(C=O)C=O. The van der Waals surface area contributed by atoms with Crippen LogP contribution in [0.5, 0.6) is 11.5 Å². The number of phenols is 1. The summed E-state index contributed by atoms with van der Waals surface area (Å²) in [7, 11) is 0. The van der Waals surface area contributed by atoms with Gasteiger partial charge in [0, 0.05) is 110 Å². The molecule has 0 aliphatic carbocycles. The molecule has 19 heteroatoms. The number of carbonyl (C=O) groups excluding carboxylic acids is 5. The number of nitrogens with one attached hydrogen (secondary N) is 1. The number of aliphatic hydroxyl groups is 3. The molecule has 0 unspecified atom stereocenters. The molecule has 3 aliphatic rings. The molecule has 3 aromatic carbocycles. The molecule has 5 bridgehead atoms. The topological polar surface area (TPSA) is 279 Å². The molecular formula is C59H71N3O16. The summed E-state index contributed by atoms with van der Waals surface area (Å²) in [6.07, 6.45) is 6.03. The van der Waals surface area contributed by atoms with E-state index in [1.165, 1.54) is 46.1 Å². The average molecular weight is 1080 g/mol. The van der Waals surface area contributed by atoms with E-state index in [1.54, 1.807) is 58.9 Å². The number of ether oxygens (including phenoxy) is 4. The van der Waals surface area contributed by atoms with Gasteiger partial charge in [-0.2, -0.15) is 0 Å². The van der Waals surface area contributed by atoms with E-state index in [4.69, 9.17) is 28.3 Å². The third-order valence-electron chi connectivity index (χ3n) is 15.9. The highest BCUT2D eigenvalue weighted by molar-refractivity contribution is 6.17. The number of aromatic nitrogens is 1. The van der Waals surface area contributed by atoms with Crippen molar-refractivity contribution in [3.05, 3.63) is 91.8 Å². The number of Topliss-reactive ketones (excluding diaryl/α,β-unsaturated/α-hetero) is 1. The summed E-state index contributed by atoms with van der Waals surface area (Å²) in [5.41, 5.74) is -2.80. The van der Waals surface area contributed by atoms with Gasteiger partial charge in [0.05, 0.1) is 40.8 Å². The molecule has 5 N–H and O–H groups in total. The normalized spacial score (nSPS) is 27.2. The van der Waals surface area contributed by atoms with E-state index in [-0.39, 0.29) is 85.7 Å². The number of fused-ring (bicyclic) bond motifs is 5. The molecule has 1 aromatic heterocycles. The number of hydrogen-bond donors (Lipinski definition) is 5. The lowest BCUT2D eigenvalue weighted by Crippen LogP contribution is -2.45. The van der Waals surface area contributed by atoms with Crippen LogP contribution in [0.15, 0.2) is 74.6 Å². The van der Waals surface area contributed by atoms with Crippen LogP contribution < -0.4 is 31.0 Å². The first-order valence-electron chi connectivity index (χ1n) is 26.3. The molecule has 1 fully saturated rings. The van der Waals surface area contributed by atoms with Crippen LogP contribution in [-0.2, 0) is 38.2 Å². The Morgan fingerprint density at radius 3 is 2.24 bits per heavy atom. The van der Waals surface area contributed by atoms with Gasteiger partial charge in [-0.3, -0.25) is 24.0 Å². The fourth-order valence-corrected chi connectivity index (χ4v) is 10.6. The van der Waals surface area contributed by atoms with Gasteiger partial charge in [0.25, 0.3) is 5.91 Å². The molecule has 9 atom stereocenters. The summed E-state index contributed by atoms with van der Waals surface area (Å²) >= 11 is 0. The number of aliphatic hydroxyl groups excluding tert-OH is 3. The van der Waals surface area contributed by atoms with Crippen LogP contribution in [0.3, 0.4) is 0 Å². The fraction of sp³-hybridized carbons (Fsp3) is 0.492. The van der Waals surface area contributed by atoms with Crippen LogP contribution in [0.2, 0.25) is 0 Å². The van der Waals surface area contributed by atoms with Crippen LogP contribution in [0.25, 0.3) is 38.7 Å². The number of rotatable bonds is 11. The second-order valence-electron chi connectivity index (χ2n) is 22.2. The van der Waals surface area contributed by atoms with Crippen molar-refractivity contribution < 1.29 is 67.8 Å². The van der Waals surface area contributed by atoms with E-state index in [2.05, 4.69) is 11.9 Å². The Hall–Kier alpha value is -7.38. The second-order valence-corrected chi connectivity index (χ2v) is 22.2. The summed E-state index contributed by atoms with van der Waals surface area (Å²) in [6.45, 7) is 23.1. The summed E-state index contributed by atoms with van der Waals surface area (Å²) in [5.74, 6) is -8.07. The van der Waals surface area contributed by atoms with Crippen molar-refractivity contribution in [1.82, 2.24) is 4.98 Å². The van der Waals surface area contributed by atoms with Gasteiger partial charge in [-0.15, -0.1) is 0 Å². The number of amides is 1. The van der Waals surface area contributed by atoms with Gasteiger partial charge in [-0.05, 0) is 31.8 Å². The molecule has 0 saturated carbocycles. The van der Waals surface area contributed by atoms with Crippen molar-refractivity contribution in [1.29, 1.82) is 0 Å². The number of ketones is 1. The third-order valence-corrected chi connectivity index (χ3v) is 15.9. The lowest BCUT2D eigenvalue weighted by atomic mass is 9.77. The molecule has 3 aliphatic heterocycles. The van der Waals surface area contributed by atoms with E-state index < -0.39 is 99.0 Å². The maximum Gasteiger partial charge on any atom is 0.307 e. The average Bonchev–Trinajstić information content (AvgIpc) is 3.85. The van der Waals surface area contributed by atoms with Gasteiger partial charge in [-0.1, -0.05) is 73.3 Å². The van der Waals surface area contributed by atoms with Crippen molar-refractivity contribution in [2.45, 2.75) is 132 Å². The fourth-order valence-electron chi connectivity index (χ4n) is 10.6. The van der Waals surface area contributed by atoms with E-state index in [1.807, 2.05) is 18.7 Å². The molecular weight excluding hydrogens is 1010 g/mol. The maximum absolute atomic E-state index is 15.0. The van der Waals surface area contributed by atoms with Crippen LogP contribution in [-0.4, -0.2) is 98.9 Å². The number of anilines is 2. The maximum atomic E-state index is 15.0. The Kier molecular flexibility index (Phi) is 17.1. The Morgan fingerprint density at radius 1 is 0.936 bits per heavy atom. The first-order valence-corrected chi connectivity index (χ1v) is 26.3. The van der Waals surface area contributed by atoms with Crippen molar-refractivity contribution >= 4 is 80.3 Å². The number of aromatic hydroxyl groups is 1. The van der Waals surface area contributed by atoms with Crippen LogP contribution >= 0.6 is 0 Å². The van der Waals surface area contributed by atoms with Crippen molar-refractivity contribution in [3.63, 3.8) is 0 Å². The number of carbonyl (C=O) groups is 5. The summed E-state index contributed by atoms with van der Waals surface area (Å²) < 4.78 is 31.1. The third kappa shape index (κ3) is 11.4. The number of piperidine rings is 1. The van der Waals surface area contributed by atoms with Crippen molar-refractivity contribution in [2.75, 3.05) is 23.3 Å². The Bertz CT molecular complexity index is 3340. The van der Waals surface area contributed by atoms with Crippen molar-refractivity contribution in [2.24, 2.45) is 40.9 Å². The molecule has 1 amide bonds. The highest BCUT2D eigenvalue weighted by Gasteiger charge is 2.44. The number of allylic oxidation sites excluding steroid dienone is 4. The van der Waals surface area contributed by atoms with Gasteiger partial charge >= 0.3 is 11.8 Å². The van der Waals surface area contributed by atoms with Gasteiger partial charge in [0.2, 0.25) is 10.9 Å². The number of hydrogen-bond acceptors (Lipinski definition) is 18. The summed E-state index contributed by atoms with van der Waals surface area (Å²) in [6, 6.07) is 2.98. The largest absolute Gasteiger partial charge is 0.507 e. The molecule has 1 saturated heterocycles. The van der Waals surface area contributed by atoms with Gasteiger partial charge in [0.15, 0.2) is 22.4 Å². The lowest BCUT2D eigenvalue weighted by Gasteiger charge is -2.37. The molecule has 418 valence electrons. The van der Waals surface area contributed by atoms with E-state index in [9.17, 15) is 54.0 Å². The number of nitrogens with zero attached hydrogens (tertiary/aromatic N) is 2. The van der Waals surface area contributed by atoms with Gasteiger partial charge in [0.1, 0.15) is 53.3 Å². The smallest absolute Gasteiger partial charge is 0.307 e. The number of benzene rings is 3. The van der Waals surface area contributed by atoms with Gasteiger partial charge < -0.3 is 63.6 Å². The molecule has 19 nitrogen and oxygen atoms in total. The quantitative estimate of drug-likeness (QED) is 0.0251. The predicted molar refractivity (Wildman–Crippen MR) is 292 cm³/mol. The number of aldehydes is 2. The van der Waals surface area contributed by atoms with E-state index in [0.717, 1.165) is 0 Å². The van der Waals surface area contributed by atoms with Crippen LogP contribution in [0, 0.1) is 47.8 Å². The summed E-state index contributed by atoms with van der Waals surface area (Å²) in [5, 5.41) is 49.3. The predicted octanol–water partition coefficient (Wildman–Crippen LogP) is 7.07. The molecule has 78 heavy (non-hydrogen) atoms. The van der Waals surface area contributed by atoms with Crippen LogP contribution in [0.1, 0.15) is 100 Å². The minimum absolute atomic E-state index is 0.0153. The van der Waals surface area contributed by atoms with E-state index >= 15 is 0 Å². The number of esters is 1. The first-order chi connectivity index (χ1) is 36.6. The molecule has 0 spiro atoms. The minimum atomic E-state index is -1.98. The first kappa shape index (κ1) is 58.3. The Balaban J connectivity index is 1.33. The van der Waals surface area contributed by atoms with Crippen LogP contribution in [0.4, 0.5) is 11.4 Å². The highest BCUT2D eigenvalue weighted by atomic mass is 16.7. The van der Waals surface area contributed by atoms with Crippen molar-refractivity contribution in [3.8, 4) is 11.5 Å². The standard InChI is InChI=1S/C59H71N3O16/c1-28-18-21-74-59(12)56(72)45-43-44(51(70)34(7)54(45)78-59)52(71)48(61-57(73)30(3)15-13-14-29(2)49(68)32(5)50(69)33(6)53(31(28)4)76-36(9)65)55-47(43)60-46-41(67)23-38(24-42(46)77-55)62-19-16-40(17-20-62)75-35(8)58(10,11)25-39(66)22-37(26-63)27-64/h13-15,18,21,23-24,26-29,31-33,37,40,49-50,53,68-70,72H,8,16-17,19-20,22,25H2,1-7,9-12H3,(H,61,73)/b14-13+,21-18+,30-15-/t28-,29-,31+,32+,33+,49-,50+,53+,59-/m0/s1. The Morgan fingerprint density at radius 2 is 1.60 bits per heavy atom. The zero-order valence-corrected chi connectivity index (χ0v) is 46.0. The molecule has 7 rings (SSSR count). The minimum Gasteiger partial charge on any atom is -0.507 e. The molecule has 0 radical (unpaired) electrons. The zero-order chi connectivity index (χ0) is 57.5. The van der Waals surface area contributed by atoms with Gasteiger partial charge in [-0.25, -0.2) is 4.98 Å². The summed E-state index contributed by atoms with van der Waals surface area (Å²) in [4.78, 5) is 97.6. The zero-order valence-electron chi connectivity index (χ0n) is 46.0. The molecule has 4 aromatic rings. The Labute approximate surface area is 451 Å². The molecule has 4 heterocycles. The highest BCUT2D eigenvalue weighted by Crippen LogP contribution is 2.43.